The third-order valence-electron chi connectivity index (χ3n) is 3.24. The zero-order valence-corrected chi connectivity index (χ0v) is 10.8. The Bertz CT molecular complexity index is 471. The fourth-order valence-electron chi connectivity index (χ4n) is 2.17. The number of hydrogen-bond donors (Lipinski definition) is 4. The number of imidazole rings is 1. The lowest BCUT2D eigenvalue weighted by Crippen LogP contribution is -2.52. The van der Waals surface area contributed by atoms with Gasteiger partial charge >= 0.3 is 5.97 Å². The van der Waals surface area contributed by atoms with E-state index in [4.69, 9.17) is 5.11 Å². The second kappa shape index (κ2) is 5.83. The normalized spacial score (nSPS) is 19.5. The first-order chi connectivity index (χ1) is 9.11. The van der Waals surface area contributed by atoms with E-state index in [-0.39, 0.29) is 5.91 Å². The van der Waals surface area contributed by atoms with Gasteiger partial charge in [0.25, 0.3) is 0 Å². The van der Waals surface area contributed by atoms with Crippen molar-refractivity contribution in [2.24, 2.45) is 0 Å². The highest BCUT2D eigenvalue weighted by molar-refractivity contribution is 5.87. The molecule has 1 aliphatic rings. The summed E-state index contributed by atoms with van der Waals surface area (Å²) < 4.78 is 0. The Balaban J connectivity index is 1.95. The van der Waals surface area contributed by atoms with Crippen LogP contribution in [0.5, 0.6) is 0 Å². The zero-order valence-electron chi connectivity index (χ0n) is 10.8. The summed E-state index contributed by atoms with van der Waals surface area (Å²) in [6.07, 6.45) is 3.22. The van der Waals surface area contributed by atoms with Gasteiger partial charge in [-0.15, -0.1) is 0 Å². The Morgan fingerprint density at radius 1 is 1.63 bits per heavy atom. The van der Waals surface area contributed by atoms with Crippen molar-refractivity contribution in [1.82, 2.24) is 20.6 Å². The SMILES string of the molecule is CCC[C@H](NC(=O)C1Cc2nc[nH]c2CN1)C(=O)O. The van der Waals surface area contributed by atoms with E-state index < -0.39 is 18.1 Å². The molecule has 0 radical (unpaired) electrons. The highest BCUT2D eigenvalue weighted by atomic mass is 16.4. The van der Waals surface area contributed by atoms with Crippen molar-refractivity contribution in [2.75, 3.05) is 0 Å². The molecule has 7 nitrogen and oxygen atoms in total. The lowest BCUT2D eigenvalue weighted by Gasteiger charge is -2.24. The van der Waals surface area contributed by atoms with Crippen LogP contribution in [0.15, 0.2) is 6.33 Å². The van der Waals surface area contributed by atoms with E-state index in [0.717, 1.165) is 11.4 Å². The number of nitrogens with zero attached hydrogens (tertiary/aromatic N) is 1. The van der Waals surface area contributed by atoms with Gasteiger partial charge in [-0.2, -0.15) is 0 Å². The van der Waals surface area contributed by atoms with Gasteiger partial charge < -0.3 is 15.4 Å². The van der Waals surface area contributed by atoms with E-state index in [9.17, 15) is 9.59 Å². The van der Waals surface area contributed by atoms with Gasteiger partial charge in [0.15, 0.2) is 0 Å². The fraction of sp³-hybridized carbons (Fsp3) is 0.583. The molecule has 0 saturated heterocycles. The molecule has 0 spiro atoms. The summed E-state index contributed by atoms with van der Waals surface area (Å²) in [4.78, 5) is 30.2. The molecule has 1 aromatic heterocycles. The van der Waals surface area contributed by atoms with Crippen molar-refractivity contribution in [3.63, 3.8) is 0 Å². The number of amides is 1. The number of aromatic nitrogens is 2. The predicted octanol–water partition coefficient (Wildman–Crippen LogP) is -0.206. The number of carboxylic acids is 1. The standard InChI is InChI=1S/C12H18N4O3/c1-2-3-7(12(18)19)16-11(17)9-4-8-10(5-13-9)15-6-14-8/h6-7,9,13H,2-5H2,1H3,(H,14,15)(H,16,17)(H,18,19)/t7-,9?/m0/s1. The Labute approximate surface area is 110 Å². The molecule has 0 aromatic carbocycles. The number of H-pyrrole nitrogens is 1. The summed E-state index contributed by atoms with van der Waals surface area (Å²) >= 11 is 0. The maximum Gasteiger partial charge on any atom is 0.326 e. The van der Waals surface area contributed by atoms with Crippen molar-refractivity contribution in [2.45, 2.75) is 44.8 Å². The van der Waals surface area contributed by atoms with Gasteiger partial charge in [0.05, 0.1) is 23.8 Å². The number of carbonyl (C=O) groups excluding carboxylic acids is 1. The van der Waals surface area contributed by atoms with Gasteiger partial charge in [-0.3, -0.25) is 10.1 Å². The number of carboxylic acid groups (broad SMARTS) is 1. The number of fused-ring (bicyclic) bond motifs is 1. The molecule has 7 heteroatoms. The number of nitrogens with one attached hydrogen (secondary N) is 3. The van der Waals surface area contributed by atoms with Crippen LogP contribution in [0.3, 0.4) is 0 Å². The smallest absolute Gasteiger partial charge is 0.326 e. The molecular weight excluding hydrogens is 248 g/mol. The Kier molecular flexibility index (Phi) is 4.16. The summed E-state index contributed by atoms with van der Waals surface area (Å²) in [7, 11) is 0. The highest BCUT2D eigenvalue weighted by Gasteiger charge is 2.28. The van der Waals surface area contributed by atoms with E-state index in [0.29, 0.717) is 25.8 Å². The molecule has 0 bridgehead atoms. The fourth-order valence-corrected chi connectivity index (χ4v) is 2.17. The van der Waals surface area contributed by atoms with Crippen LogP contribution in [0.4, 0.5) is 0 Å². The van der Waals surface area contributed by atoms with Crippen LogP contribution in [0.2, 0.25) is 0 Å². The third-order valence-corrected chi connectivity index (χ3v) is 3.24. The first-order valence-electron chi connectivity index (χ1n) is 6.39. The van der Waals surface area contributed by atoms with Gasteiger partial charge in [-0.1, -0.05) is 13.3 Å². The number of aliphatic carboxylic acids is 1. The molecule has 1 unspecified atom stereocenters. The molecule has 0 fully saturated rings. The van der Waals surface area contributed by atoms with Crippen LogP contribution < -0.4 is 10.6 Å². The summed E-state index contributed by atoms with van der Waals surface area (Å²) in [5.74, 6) is -1.28. The van der Waals surface area contributed by atoms with Crippen molar-refractivity contribution < 1.29 is 14.7 Å². The predicted molar refractivity (Wildman–Crippen MR) is 67.4 cm³/mol. The quantitative estimate of drug-likeness (QED) is 0.590. The minimum Gasteiger partial charge on any atom is -0.480 e. The van der Waals surface area contributed by atoms with E-state index >= 15 is 0 Å². The molecule has 1 aromatic rings. The van der Waals surface area contributed by atoms with Crippen molar-refractivity contribution in [3.05, 3.63) is 17.7 Å². The molecule has 0 saturated carbocycles. The molecule has 1 aliphatic heterocycles. The average molecular weight is 266 g/mol. The zero-order chi connectivity index (χ0) is 13.8. The van der Waals surface area contributed by atoms with E-state index in [1.54, 1.807) is 6.33 Å². The second-order valence-corrected chi connectivity index (χ2v) is 4.65. The molecule has 19 heavy (non-hydrogen) atoms. The Morgan fingerprint density at radius 3 is 3.11 bits per heavy atom. The molecule has 2 atom stereocenters. The number of hydrogen-bond acceptors (Lipinski definition) is 4. The van der Waals surface area contributed by atoms with E-state index in [2.05, 4.69) is 20.6 Å². The second-order valence-electron chi connectivity index (χ2n) is 4.65. The monoisotopic (exact) mass is 266 g/mol. The Morgan fingerprint density at radius 2 is 2.42 bits per heavy atom. The van der Waals surface area contributed by atoms with Gasteiger partial charge in [0, 0.05) is 13.0 Å². The number of aromatic amines is 1. The van der Waals surface area contributed by atoms with Crippen LogP contribution in [0, 0.1) is 0 Å². The molecule has 2 rings (SSSR count). The summed E-state index contributed by atoms with van der Waals surface area (Å²) in [6, 6.07) is -1.24. The van der Waals surface area contributed by atoms with Crippen LogP contribution in [-0.2, 0) is 22.6 Å². The average Bonchev–Trinajstić information content (AvgIpc) is 2.85. The number of carbonyl (C=O) groups is 2. The maximum atomic E-state index is 12.0. The topological polar surface area (TPSA) is 107 Å². The first-order valence-corrected chi connectivity index (χ1v) is 6.39. The van der Waals surface area contributed by atoms with Crippen molar-refractivity contribution in [3.8, 4) is 0 Å². The largest absolute Gasteiger partial charge is 0.480 e. The summed E-state index contributed by atoms with van der Waals surface area (Å²) in [6.45, 7) is 2.43. The minimum absolute atomic E-state index is 0.283. The van der Waals surface area contributed by atoms with Gasteiger partial charge in [0.1, 0.15) is 6.04 Å². The van der Waals surface area contributed by atoms with Crippen LogP contribution in [0.1, 0.15) is 31.2 Å². The van der Waals surface area contributed by atoms with Crippen LogP contribution >= 0.6 is 0 Å². The van der Waals surface area contributed by atoms with Gasteiger partial charge in [-0.05, 0) is 6.42 Å². The molecule has 104 valence electrons. The van der Waals surface area contributed by atoms with Crippen molar-refractivity contribution in [1.29, 1.82) is 0 Å². The lowest BCUT2D eigenvalue weighted by atomic mass is 10.0. The first kappa shape index (κ1) is 13.5. The highest BCUT2D eigenvalue weighted by Crippen LogP contribution is 2.12. The molecule has 0 aliphatic carbocycles. The molecule has 1 amide bonds. The Hall–Kier alpha value is -1.89. The van der Waals surface area contributed by atoms with E-state index in [1.807, 2.05) is 6.92 Å². The minimum atomic E-state index is -0.994. The van der Waals surface area contributed by atoms with Gasteiger partial charge in [0.2, 0.25) is 5.91 Å². The van der Waals surface area contributed by atoms with Crippen LogP contribution in [0.25, 0.3) is 0 Å². The maximum absolute atomic E-state index is 12.0. The summed E-state index contributed by atoms with van der Waals surface area (Å²) in [5, 5.41) is 14.7. The lowest BCUT2D eigenvalue weighted by molar-refractivity contribution is -0.142. The number of rotatable bonds is 5. The molecule has 4 N–H and O–H groups in total. The molecular formula is C12H18N4O3. The third kappa shape index (κ3) is 3.11. The van der Waals surface area contributed by atoms with Crippen LogP contribution in [-0.4, -0.2) is 39.0 Å². The summed E-state index contributed by atoms with van der Waals surface area (Å²) in [5.41, 5.74) is 1.84. The van der Waals surface area contributed by atoms with Crippen molar-refractivity contribution >= 4 is 11.9 Å². The van der Waals surface area contributed by atoms with E-state index in [1.165, 1.54) is 0 Å². The van der Waals surface area contributed by atoms with Gasteiger partial charge in [-0.25, -0.2) is 9.78 Å². The molecule has 2 heterocycles.